The Hall–Kier alpha value is -0.570. The second-order valence-corrected chi connectivity index (χ2v) is 5.02. The highest BCUT2D eigenvalue weighted by Crippen LogP contribution is 2.24. The van der Waals surface area contributed by atoms with Crippen molar-refractivity contribution in [3.05, 3.63) is 0 Å². The molecule has 3 nitrogen and oxygen atoms in total. The molecule has 0 aromatic rings. The number of carbonyl (C=O) groups is 1. The summed E-state index contributed by atoms with van der Waals surface area (Å²) >= 11 is 0. The Balaban J connectivity index is 2.24. The van der Waals surface area contributed by atoms with Crippen LogP contribution in [0.3, 0.4) is 0 Å². The number of hydrogen-bond acceptors (Lipinski definition) is 2. The molecule has 0 aliphatic heterocycles. The first-order chi connectivity index (χ1) is 7.67. The summed E-state index contributed by atoms with van der Waals surface area (Å²) in [6, 6.07) is 1.24. The fourth-order valence-electron chi connectivity index (χ4n) is 2.65. The monoisotopic (exact) mass is 226 g/mol. The van der Waals surface area contributed by atoms with Crippen molar-refractivity contribution in [2.24, 2.45) is 5.92 Å². The van der Waals surface area contributed by atoms with Crippen LogP contribution in [0.15, 0.2) is 0 Å². The zero-order valence-corrected chi connectivity index (χ0v) is 10.9. The molecule has 2 N–H and O–H groups in total. The van der Waals surface area contributed by atoms with E-state index >= 15 is 0 Å². The molecule has 1 aliphatic rings. The van der Waals surface area contributed by atoms with Crippen molar-refractivity contribution in [2.75, 3.05) is 7.05 Å². The normalized spacial score (nSPS) is 27.4. The molecule has 1 unspecified atom stereocenters. The smallest absolute Gasteiger partial charge is 0.222 e. The Morgan fingerprint density at radius 2 is 1.94 bits per heavy atom. The Kier molecular flexibility index (Phi) is 5.81. The Morgan fingerprint density at radius 3 is 2.44 bits per heavy atom. The van der Waals surface area contributed by atoms with Crippen molar-refractivity contribution in [1.82, 2.24) is 10.6 Å². The maximum absolute atomic E-state index is 11.5. The van der Waals surface area contributed by atoms with Crippen LogP contribution in [0, 0.1) is 5.92 Å². The Morgan fingerprint density at radius 1 is 1.31 bits per heavy atom. The van der Waals surface area contributed by atoms with Gasteiger partial charge in [-0.2, -0.15) is 0 Å². The predicted molar refractivity (Wildman–Crippen MR) is 67.3 cm³/mol. The van der Waals surface area contributed by atoms with Gasteiger partial charge in [-0.15, -0.1) is 0 Å². The van der Waals surface area contributed by atoms with Crippen LogP contribution in [-0.2, 0) is 4.79 Å². The van der Waals surface area contributed by atoms with Gasteiger partial charge in [-0.1, -0.05) is 13.3 Å². The summed E-state index contributed by atoms with van der Waals surface area (Å²) in [7, 11) is 1.73. The van der Waals surface area contributed by atoms with E-state index in [-0.39, 0.29) is 11.8 Å². The summed E-state index contributed by atoms with van der Waals surface area (Å²) in [6.07, 6.45) is 6.85. The van der Waals surface area contributed by atoms with Crippen molar-refractivity contribution in [3.8, 4) is 0 Å². The molecular formula is C13H26N2O. The van der Waals surface area contributed by atoms with Crippen molar-refractivity contribution in [1.29, 1.82) is 0 Å². The lowest BCUT2D eigenvalue weighted by Crippen LogP contribution is -2.41. The quantitative estimate of drug-likeness (QED) is 0.753. The van der Waals surface area contributed by atoms with Gasteiger partial charge in [0, 0.05) is 25.0 Å². The van der Waals surface area contributed by atoms with Crippen LogP contribution in [-0.4, -0.2) is 25.0 Å². The minimum Gasteiger partial charge on any atom is -0.359 e. The predicted octanol–water partition coefficient (Wildman–Crippen LogP) is 2.07. The number of rotatable bonds is 5. The fourth-order valence-corrected chi connectivity index (χ4v) is 2.65. The summed E-state index contributed by atoms with van der Waals surface area (Å²) in [5, 5.41) is 6.42. The van der Waals surface area contributed by atoms with Gasteiger partial charge >= 0.3 is 0 Å². The van der Waals surface area contributed by atoms with E-state index in [4.69, 9.17) is 0 Å². The molecule has 0 bridgehead atoms. The van der Waals surface area contributed by atoms with Gasteiger partial charge in [0.1, 0.15) is 0 Å². The van der Waals surface area contributed by atoms with Gasteiger partial charge in [0.15, 0.2) is 0 Å². The Labute approximate surface area is 99.4 Å². The fraction of sp³-hybridized carbons (Fsp3) is 0.923. The average Bonchev–Trinajstić information content (AvgIpc) is 2.29. The van der Waals surface area contributed by atoms with Crippen LogP contribution in [0.25, 0.3) is 0 Å². The molecule has 0 aromatic carbocycles. The van der Waals surface area contributed by atoms with Crippen LogP contribution in [0.1, 0.15) is 52.4 Å². The van der Waals surface area contributed by atoms with Gasteiger partial charge in [0.25, 0.3) is 0 Å². The van der Waals surface area contributed by atoms with Crippen LogP contribution in [0.4, 0.5) is 0 Å². The van der Waals surface area contributed by atoms with Gasteiger partial charge in [0.05, 0.1) is 0 Å². The SMILES string of the molecule is CCCC(C)NC1CCC(C(=O)NC)CC1. The Bertz CT molecular complexity index is 210. The lowest BCUT2D eigenvalue weighted by atomic mass is 9.85. The van der Waals surface area contributed by atoms with Gasteiger partial charge in [-0.05, 0) is 39.0 Å². The summed E-state index contributed by atoms with van der Waals surface area (Å²) < 4.78 is 0. The highest BCUT2D eigenvalue weighted by Gasteiger charge is 2.25. The highest BCUT2D eigenvalue weighted by atomic mass is 16.1. The minimum absolute atomic E-state index is 0.222. The number of amides is 1. The first-order valence-corrected chi connectivity index (χ1v) is 6.65. The summed E-state index contributed by atoms with van der Waals surface area (Å²) in [5.74, 6) is 0.476. The van der Waals surface area contributed by atoms with Crippen LogP contribution in [0.5, 0.6) is 0 Å². The highest BCUT2D eigenvalue weighted by molar-refractivity contribution is 5.78. The third-order valence-electron chi connectivity index (χ3n) is 3.59. The number of nitrogens with one attached hydrogen (secondary N) is 2. The van der Waals surface area contributed by atoms with Gasteiger partial charge in [0.2, 0.25) is 5.91 Å². The molecule has 1 saturated carbocycles. The van der Waals surface area contributed by atoms with Crippen LogP contribution < -0.4 is 10.6 Å². The zero-order valence-electron chi connectivity index (χ0n) is 10.9. The molecule has 16 heavy (non-hydrogen) atoms. The van der Waals surface area contributed by atoms with Crippen LogP contribution >= 0.6 is 0 Å². The molecule has 94 valence electrons. The van der Waals surface area contributed by atoms with E-state index in [2.05, 4.69) is 24.5 Å². The first-order valence-electron chi connectivity index (χ1n) is 6.65. The first kappa shape index (κ1) is 13.5. The molecule has 0 heterocycles. The molecular weight excluding hydrogens is 200 g/mol. The molecule has 1 fully saturated rings. The second kappa shape index (κ2) is 6.89. The van der Waals surface area contributed by atoms with Gasteiger partial charge < -0.3 is 10.6 Å². The molecule has 1 amide bonds. The van der Waals surface area contributed by atoms with E-state index in [1.807, 2.05) is 0 Å². The van der Waals surface area contributed by atoms with Crippen molar-refractivity contribution in [2.45, 2.75) is 64.5 Å². The minimum atomic E-state index is 0.222. The van der Waals surface area contributed by atoms with E-state index in [9.17, 15) is 4.79 Å². The molecule has 1 rings (SSSR count). The molecule has 3 heteroatoms. The lowest BCUT2D eigenvalue weighted by molar-refractivity contribution is -0.125. The number of carbonyl (C=O) groups excluding carboxylic acids is 1. The zero-order chi connectivity index (χ0) is 12.0. The van der Waals surface area contributed by atoms with E-state index in [1.165, 1.54) is 12.8 Å². The van der Waals surface area contributed by atoms with Gasteiger partial charge in [-0.3, -0.25) is 4.79 Å². The van der Waals surface area contributed by atoms with Gasteiger partial charge in [-0.25, -0.2) is 0 Å². The average molecular weight is 226 g/mol. The maximum atomic E-state index is 11.5. The lowest BCUT2D eigenvalue weighted by Gasteiger charge is -2.30. The second-order valence-electron chi connectivity index (χ2n) is 5.02. The largest absolute Gasteiger partial charge is 0.359 e. The molecule has 0 aromatic heterocycles. The molecule has 0 spiro atoms. The topological polar surface area (TPSA) is 41.1 Å². The third kappa shape index (κ3) is 4.12. The van der Waals surface area contributed by atoms with E-state index < -0.39 is 0 Å². The number of hydrogen-bond donors (Lipinski definition) is 2. The maximum Gasteiger partial charge on any atom is 0.222 e. The van der Waals surface area contributed by atoms with E-state index in [1.54, 1.807) is 7.05 Å². The third-order valence-corrected chi connectivity index (χ3v) is 3.59. The van der Waals surface area contributed by atoms with Crippen molar-refractivity contribution < 1.29 is 4.79 Å². The summed E-state index contributed by atoms with van der Waals surface area (Å²) in [6.45, 7) is 4.48. The standard InChI is InChI=1S/C13H26N2O/c1-4-5-10(2)15-12-8-6-11(7-9-12)13(16)14-3/h10-12,15H,4-9H2,1-3H3,(H,14,16). The summed E-state index contributed by atoms with van der Waals surface area (Å²) in [5.41, 5.74) is 0. The van der Waals surface area contributed by atoms with Crippen molar-refractivity contribution in [3.63, 3.8) is 0 Å². The van der Waals surface area contributed by atoms with Crippen molar-refractivity contribution >= 4 is 5.91 Å². The molecule has 1 atom stereocenters. The van der Waals surface area contributed by atoms with Crippen LogP contribution in [0.2, 0.25) is 0 Å². The summed E-state index contributed by atoms with van der Waals surface area (Å²) in [4.78, 5) is 11.5. The van der Waals surface area contributed by atoms with E-state index in [0.29, 0.717) is 12.1 Å². The molecule has 0 saturated heterocycles. The molecule has 0 radical (unpaired) electrons. The molecule has 1 aliphatic carbocycles. The van der Waals surface area contributed by atoms with E-state index in [0.717, 1.165) is 25.7 Å².